The van der Waals surface area contributed by atoms with E-state index >= 15 is 0 Å². The van der Waals surface area contributed by atoms with E-state index in [4.69, 9.17) is 23.9 Å². The van der Waals surface area contributed by atoms with Crippen LogP contribution in [-0.2, 0) is 22.6 Å². The molecular weight excluding hydrogens is 604 g/mol. The van der Waals surface area contributed by atoms with Gasteiger partial charge in [0.2, 0.25) is 0 Å². The summed E-state index contributed by atoms with van der Waals surface area (Å²) in [5, 5.41) is 12.1. The molecule has 1 saturated heterocycles. The molecule has 5 aromatic rings. The van der Waals surface area contributed by atoms with Crippen molar-refractivity contribution < 1.29 is 33.6 Å². The van der Waals surface area contributed by atoms with Crippen molar-refractivity contribution in [2.45, 2.75) is 32.1 Å². The van der Waals surface area contributed by atoms with Crippen LogP contribution in [0.25, 0.3) is 16.0 Å². The fraction of sp³-hybridized carbons (Fsp3) is 0.194. The molecule has 3 heterocycles. The van der Waals surface area contributed by atoms with Gasteiger partial charge in [-0.05, 0) is 72.1 Å². The summed E-state index contributed by atoms with van der Waals surface area (Å²) in [6.45, 7) is 2.30. The number of anilines is 1. The molecule has 2 atom stereocenters. The number of amides is 1. The number of ether oxygens (including phenoxy) is 4. The summed E-state index contributed by atoms with van der Waals surface area (Å²) in [6, 6.07) is 24.7. The average Bonchev–Trinajstić information content (AvgIpc) is 3.75. The minimum absolute atomic E-state index is 0.00530. The van der Waals surface area contributed by atoms with E-state index in [1.54, 1.807) is 49.6 Å². The normalized spacial score (nSPS) is 18.5. The minimum Gasteiger partial charge on any atom is -0.507 e. The van der Waals surface area contributed by atoms with Crippen molar-refractivity contribution in [3.05, 3.63) is 113 Å². The van der Waals surface area contributed by atoms with Gasteiger partial charge in [-0.15, -0.1) is 0 Å². The van der Waals surface area contributed by atoms with E-state index < -0.39 is 17.7 Å². The first kappa shape index (κ1) is 29.4. The van der Waals surface area contributed by atoms with Crippen molar-refractivity contribution in [2.24, 2.45) is 0 Å². The molecule has 2 aliphatic heterocycles. The Bertz CT molecular complexity index is 2020. The second-order valence-corrected chi connectivity index (χ2v) is 12.1. The molecular formula is C36H30N2O7S. The quantitative estimate of drug-likeness (QED) is 0.112. The lowest BCUT2D eigenvalue weighted by atomic mass is 9.94. The van der Waals surface area contributed by atoms with Crippen LogP contribution in [0.5, 0.6) is 23.0 Å². The van der Waals surface area contributed by atoms with Gasteiger partial charge in [0.25, 0.3) is 5.78 Å². The number of rotatable bonds is 8. The number of ketones is 1. The number of Topliss-reactive ketones (excluding diaryl/α,β-unsaturated/α-hetero) is 1. The summed E-state index contributed by atoms with van der Waals surface area (Å²) in [7, 11) is 3.11. The number of carbonyl (C=O) groups is 2. The summed E-state index contributed by atoms with van der Waals surface area (Å²) in [5.41, 5.74) is 3.47. The Balaban J connectivity index is 1.35. The second-order valence-electron chi connectivity index (χ2n) is 11.1. The lowest BCUT2D eigenvalue weighted by Crippen LogP contribution is -2.29. The van der Waals surface area contributed by atoms with Crippen molar-refractivity contribution in [3.8, 4) is 23.0 Å². The predicted octanol–water partition coefficient (Wildman–Crippen LogP) is 6.84. The lowest BCUT2D eigenvalue weighted by molar-refractivity contribution is -0.132. The Kier molecular flexibility index (Phi) is 7.58. The van der Waals surface area contributed by atoms with Gasteiger partial charge < -0.3 is 24.1 Å². The topological polar surface area (TPSA) is 107 Å². The number of fused-ring (bicyclic) bond motifs is 2. The molecule has 9 nitrogen and oxygen atoms in total. The highest BCUT2D eigenvalue weighted by Crippen LogP contribution is 2.46. The van der Waals surface area contributed by atoms with E-state index in [2.05, 4.69) is 0 Å². The molecule has 0 saturated carbocycles. The molecule has 232 valence electrons. The van der Waals surface area contributed by atoms with Crippen LogP contribution in [0.3, 0.4) is 0 Å². The number of nitrogens with zero attached hydrogens (tertiary/aromatic N) is 2. The van der Waals surface area contributed by atoms with Crippen LogP contribution in [0, 0.1) is 0 Å². The third kappa shape index (κ3) is 5.20. The van der Waals surface area contributed by atoms with Crippen LogP contribution < -0.4 is 23.8 Å². The molecule has 0 aliphatic carbocycles. The zero-order valence-corrected chi connectivity index (χ0v) is 26.2. The van der Waals surface area contributed by atoms with Gasteiger partial charge in [0, 0.05) is 12.0 Å². The molecule has 0 bridgehead atoms. The van der Waals surface area contributed by atoms with Gasteiger partial charge in [-0.25, -0.2) is 4.98 Å². The van der Waals surface area contributed by atoms with Crippen molar-refractivity contribution in [3.63, 3.8) is 0 Å². The first-order chi connectivity index (χ1) is 22.3. The average molecular weight is 635 g/mol. The van der Waals surface area contributed by atoms with Gasteiger partial charge in [-0.2, -0.15) is 0 Å². The maximum Gasteiger partial charge on any atom is 0.301 e. The van der Waals surface area contributed by atoms with Gasteiger partial charge in [-0.1, -0.05) is 47.7 Å². The van der Waals surface area contributed by atoms with Gasteiger partial charge in [0.15, 0.2) is 16.6 Å². The Labute approximate surface area is 269 Å². The van der Waals surface area contributed by atoms with E-state index in [-0.39, 0.29) is 17.4 Å². The third-order valence-corrected chi connectivity index (χ3v) is 9.16. The van der Waals surface area contributed by atoms with Gasteiger partial charge in [-0.3, -0.25) is 14.5 Å². The molecule has 1 N–H and O–H groups in total. The summed E-state index contributed by atoms with van der Waals surface area (Å²) in [6.07, 6.45) is 0.677. The number of aliphatic hydroxyl groups excluding tert-OH is 1. The number of carbonyl (C=O) groups excluding carboxylic acids is 2. The largest absolute Gasteiger partial charge is 0.507 e. The minimum atomic E-state index is -0.997. The number of methoxy groups -OCH3 is 2. The zero-order chi connectivity index (χ0) is 31.9. The second kappa shape index (κ2) is 11.9. The summed E-state index contributed by atoms with van der Waals surface area (Å²) in [4.78, 5) is 33.7. The van der Waals surface area contributed by atoms with Crippen LogP contribution in [-0.4, -0.2) is 42.1 Å². The molecule has 0 unspecified atom stereocenters. The number of hydrogen-bond donors (Lipinski definition) is 1. The Hall–Kier alpha value is -5.35. The number of thiazole rings is 1. The molecule has 4 aromatic carbocycles. The van der Waals surface area contributed by atoms with Gasteiger partial charge >= 0.3 is 5.91 Å². The standard InChI is InChI=1S/C36H30N2O7S/c1-20-15-24-16-23(10-13-27(24)45-20)33(39)31-32(22-9-14-28(29(17-22)43-3)44-19-21-7-5-4-6-8-21)38(35(41)34(31)40)36-37-26-12-11-25(42-2)18-30(26)46-36/h4-14,16-18,20,32,39H,15,19H2,1-3H3/b33-31+/t20-,32-/m0/s1. The van der Waals surface area contributed by atoms with Crippen molar-refractivity contribution >= 4 is 44.1 Å². The lowest BCUT2D eigenvalue weighted by Gasteiger charge is -2.24. The highest BCUT2D eigenvalue weighted by atomic mass is 32.1. The van der Waals surface area contributed by atoms with Crippen LogP contribution in [0.4, 0.5) is 5.13 Å². The molecule has 2 aliphatic rings. The third-order valence-electron chi connectivity index (χ3n) is 8.14. The molecule has 7 rings (SSSR count). The van der Waals surface area contributed by atoms with Crippen LogP contribution >= 0.6 is 11.3 Å². The highest BCUT2D eigenvalue weighted by Gasteiger charge is 2.48. The number of benzene rings is 4. The van der Waals surface area contributed by atoms with Crippen molar-refractivity contribution in [1.29, 1.82) is 0 Å². The molecule has 1 amide bonds. The number of hydrogen-bond acceptors (Lipinski definition) is 9. The van der Waals surface area contributed by atoms with Crippen LogP contribution in [0.1, 0.15) is 35.2 Å². The van der Waals surface area contributed by atoms with Gasteiger partial charge in [0.05, 0.1) is 36.1 Å². The fourth-order valence-corrected chi connectivity index (χ4v) is 6.92. The van der Waals surface area contributed by atoms with E-state index in [1.807, 2.05) is 49.4 Å². The fourth-order valence-electron chi connectivity index (χ4n) is 5.90. The number of aromatic nitrogens is 1. The molecule has 0 radical (unpaired) electrons. The molecule has 0 spiro atoms. The molecule has 1 fully saturated rings. The smallest absolute Gasteiger partial charge is 0.301 e. The first-order valence-electron chi connectivity index (χ1n) is 14.7. The van der Waals surface area contributed by atoms with E-state index in [9.17, 15) is 14.7 Å². The maximum atomic E-state index is 13.8. The number of aliphatic hydroxyl groups is 1. The van der Waals surface area contributed by atoms with E-state index in [0.717, 1.165) is 21.6 Å². The molecule has 46 heavy (non-hydrogen) atoms. The maximum absolute atomic E-state index is 13.8. The van der Waals surface area contributed by atoms with E-state index in [0.29, 0.717) is 52.1 Å². The van der Waals surface area contributed by atoms with Crippen LogP contribution in [0.15, 0.2) is 90.5 Å². The Morgan fingerprint density at radius 1 is 0.978 bits per heavy atom. The Morgan fingerprint density at radius 3 is 2.59 bits per heavy atom. The Morgan fingerprint density at radius 2 is 1.80 bits per heavy atom. The molecule has 10 heteroatoms. The SMILES string of the molecule is COc1ccc2nc(N3C(=O)C(=O)/C(=C(/O)c4ccc5c(c4)C[C@H](C)O5)[C@@H]3c3ccc(OCc4ccccc4)c(OC)c3)sc2c1. The van der Waals surface area contributed by atoms with Crippen molar-refractivity contribution in [1.82, 2.24) is 4.98 Å². The van der Waals surface area contributed by atoms with E-state index in [1.165, 1.54) is 23.3 Å². The predicted molar refractivity (Wildman–Crippen MR) is 175 cm³/mol. The zero-order valence-electron chi connectivity index (χ0n) is 25.4. The monoisotopic (exact) mass is 634 g/mol. The highest BCUT2D eigenvalue weighted by molar-refractivity contribution is 7.22. The van der Waals surface area contributed by atoms with Crippen LogP contribution in [0.2, 0.25) is 0 Å². The molecule has 1 aromatic heterocycles. The summed E-state index contributed by atoms with van der Waals surface area (Å²) >= 11 is 1.26. The summed E-state index contributed by atoms with van der Waals surface area (Å²) < 4.78 is 23.8. The van der Waals surface area contributed by atoms with Gasteiger partial charge in [0.1, 0.15) is 30.0 Å². The van der Waals surface area contributed by atoms with Crippen molar-refractivity contribution in [2.75, 3.05) is 19.1 Å². The summed E-state index contributed by atoms with van der Waals surface area (Å²) in [5.74, 6) is 0.406. The first-order valence-corrected chi connectivity index (χ1v) is 15.6.